The van der Waals surface area contributed by atoms with Gasteiger partial charge in [0.15, 0.2) is 0 Å². The highest BCUT2D eigenvalue weighted by atomic mass is 32.2. The van der Waals surface area contributed by atoms with Gasteiger partial charge in [0, 0.05) is 22.9 Å². The van der Waals surface area contributed by atoms with Crippen molar-refractivity contribution in [3.8, 4) is 0 Å². The lowest BCUT2D eigenvalue weighted by molar-refractivity contribution is 0.0696. The number of benzene rings is 1. The summed E-state index contributed by atoms with van der Waals surface area (Å²) in [7, 11) is 0. The largest absolute Gasteiger partial charge is 0.478 e. The van der Waals surface area contributed by atoms with Crippen LogP contribution in [0.3, 0.4) is 0 Å². The lowest BCUT2D eigenvalue weighted by Gasteiger charge is -2.05. The van der Waals surface area contributed by atoms with Crippen LogP contribution in [0.25, 0.3) is 0 Å². The molecule has 5 heteroatoms. The van der Waals surface area contributed by atoms with Crippen molar-refractivity contribution in [2.45, 2.75) is 37.5 Å². The molecule has 1 aromatic heterocycles. The van der Waals surface area contributed by atoms with Crippen LogP contribution in [-0.2, 0) is 5.75 Å². The third-order valence-electron chi connectivity index (χ3n) is 3.02. The van der Waals surface area contributed by atoms with Crippen LogP contribution in [0.1, 0.15) is 41.5 Å². The summed E-state index contributed by atoms with van der Waals surface area (Å²) in [5, 5.41) is 13.6. The highest BCUT2D eigenvalue weighted by Crippen LogP contribution is 2.24. The highest BCUT2D eigenvalue weighted by molar-refractivity contribution is 7.98. The third kappa shape index (κ3) is 3.42. The van der Waals surface area contributed by atoms with Crippen molar-refractivity contribution in [1.82, 2.24) is 9.78 Å². The Morgan fingerprint density at radius 3 is 2.75 bits per heavy atom. The number of rotatable bonds is 5. The lowest BCUT2D eigenvalue weighted by atomic mass is 10.1. The molecular formula is C15H18N2O2S. The minimum Gasteiger partial charge on any atom is -0.478 e. The first-order valence-electron chi connectivity index (χ1n) is 6.48. The van der Waals surface area contributed by atoms with Gasteiger partial charge in [0.2, 0.25) is 0 Å². The van der Waals surface area contributed by atoms with Gasteiger partial charge in [0.25, 0.3) is 0 Å². The van der Waals surface area contributed by atoms with Gasteiger partial charge in [-0.3, -0.25) is 4.68 Å². The fourth-order valence-electron chi connectivity index (χ4n) is 1.82. The Labute approximate surface area is 122 Å². The first-order chi connectivity index (χ1) is 9.47. The fraction of sp³-hybridized carbons (Fsp3) is 0.333. The van der Waals surface area contributed by atoms with Crippen LogP contribution in [0.4, 0.5) is 0 Å². The molecule has 2 rings (SSSR count). The minimum absolute atomic E-state index is 0.353. The molecule has 1 aromatic carbocycles. The van der Waals surface area contributed by atoms with E-state index in [0.717, 1.165) is 21.9 Å². The first-order valence-corrected chi connectivity index (χ1v) is 7.46. The van der Waals surface area contributed by atoms with Gasteiger partial charge in [0.1, 0.15) is 0 Å². The maximum Gasteiger partial charge on any atom is 0.335 e. The summed E-state index contributed by atoms with van der Waals surface area (Å²) in [6.07, 6.45) is 1.97. The van der Waals surface area contributed by atoms with E-state index < -0.39 is 5.97 Å². The van der Waals surface area contributed by atoms with E-state index in [-0.39, 0.29) is 0 Å². The average Bonchev–Trinajstić information content (AvgIpc) is 2.86. The number of carboxylic acids is 1. The number of carbonyl (C=O) groups is 1. The number of thioether (sulfide) groups is 1. The van der Waals surface area contributed by atoms with E-state index in [1.165, 1.54) is 0 Å². The minimum atomic E-state index is -0.881. The Morgan fingerprint density at radius 1 is 1.40 bits per heavy atom. The fourth-order valence-corrected chi connectivity index (χ4v) is 2.65. The van der Waals surface area contributed by atoms with Crippen molar-refractivity contribution in [2.75, 3.05) is 0 Å². The molecule has 106 valence electrons. The first kappa shape index (κ1) is 14.7. The molecule has 0 aliphatic rings. The van der Waals surface area contributed by atoms with Crippen molar-refractivity contribution in [3.05, 3.63) is 47.3 Å². The number of nitrogens with zero attached hydrogens (tertiary/aromatic N) is 2. The molecule has 0 bridgehead atoms. The van der Waals surface area contributed by atoms with Gasteiger partial charge in [-0.2, -0.15) is 5.10 Å². The maximum absolute atomic E-state index is 11.1. The Kier molecular flexibility index (Phi) is 4.49. The molecular weight excluding hydrogens is 272 g/mol. The summed E-state index contributed by atoms with van der Waals surface area (Å²) in [4.78, 5) is 12.1. The normalized spacial score (nSPS) is 11.0. The molecule has 0 radical (unpaired) electrons. The number of hydrogen-bond acceptors (Lipinski definition) is 3. The van der Waals surface area contributed by atoms with Crippen molar-refractivity contribution in [3.63, 3.8) is 0 Å². The van der Waals surface area contributed by atoms with Gasteiger partial charge in [-0.25, -0.2) is 4.79 Å². The predicted molar refractivity (Wildman–Crippen MR) is 80.3 cm³/mol. The molecule has 0 fully saturated rings. The summed E-state index contributed by atoms with van der Waals surface area (Å²) in [5.74, 6) is -0.143. The molecule has 0 aliphatic heterocycles. The van der Waals surface area contributed by atoms with Gasteiger partial charge < -0.3 is 5.11 Å². The molecule has 2 aromatic rings. The van der Waals surface area contributed by atoms with Crippen molar-refractivity contribution < 1.29 is 9.90 Å². The lowest BCUT2D eigenvalue weighted by Crippen LogP contribution is -2.01. The Balaban J connectivity index is 2.06. The highest BCUT2D eigenvalue weighted by Gasteiger charge is 2.09. The number of aromatic nitrogens is 2. The second-order valence-electron chi connectivity index (χ2n) is 4.95. The van der Waals surface area contributed by atoms with Crippen molar-refractivity contribution in [2.24, 2.45) is 0 Å². The van der Waals surface area contributed by atoms with Crippen molar-refractivity contribution >= 4 is 17.7 Å². The molecule has 20 heavy (non-hydrogen) atoms. The maximum atomic E-state index is 11.1. The number of aryl methyl sites for hydroxylation is 1. The predicted octanol–water partition coefficient (Wildman–Crippen LogP) is 3.76. The molecule has 4 nitrogen and oxygen atoms in total. The van der Waals surface area contributed by atoms with E-state index in [1.54, 1.807) is 17.8 Å². The van der Waals surface area contributed by atoms with Crippen LogP contribution in [0, 0.1) is 6.92 Å². The Morgan fingerprint density at radius 2 is 2.15 bits per heavy atom. The van der Waals surface area contributed by atoms with Gasteiger partial charge >= 0.3 is 5.97 Å². The number of hydrogen-bond donors (Lipinski definition) is 1. The van der Waals surface area contributed by atoms with E-state index in [9.17, 15) is 4.79 Å². The third-order valence-corrected chi connectivity index (χ3v) is 4.05. The van der Waals surface area contributed by atoms with Gasteiger partial charge in [-0.15, -0.1) is 11.8 Å². The summed E-state index contributed by atoms with van der Waals surface area (Å²) in [6, 6.07) is 7.87. The Hall–Kier alpha value is -1.75. The molecule has 0 amide bonds. The molecule has 0 aliphatic carbocycles. The van der Waals surface area contributed by atoms with Crippen LogP contribution in [0.5, 0.6) is 0 Å². The topological polar surface area (TPSA) is 55.1 Å². The molecule has 1 heterocycles. The van der Waals surface area contributed by atoms with E-state index in [1.807, 2.05) is 36.0 Å². The second kappa shape index (κ2) is 6.13. The average molecular weight is 290 g/mol. The summed E-state index contributed by atoms with van der Waals surface area (Å²) >= 11 is 1.60. The number of carboxylic acid groups (broad SMARTS) is 1. The standard InChI is InChI=1S/C15H18N2O2S/c1-10(2)17-7-6-12(16-17)9-20-13-5-4-11(3)14(8-13)15(18)19/h4-8,10H,9H2,1-3H3,(H,18,19). The molecule has 0 atom stereocenters. The van der Waals surface area contributed by atoms with Crippen molar-refractivity contribution in [1.29, 1.82) is 0 Å². The zero-order chi connectivity index (χ0) is 14.7. The van der Waals surface area contributed by atoms with Gasteiger partial charge in [0.05, 0.1) is 11.3 Å². The molecule has 0 spiro atoms. The SMILES string of the molecule is Cc1ccc(SCc2ccn(C(C)C)n2)cc1C(=O)O. The van der Waals surface area contributed by atoms with E-state index in [2.05, 4.69) is 18.9 Å². The monoisotopic (exact) mass is 290 g/mol. The molecule has 0 saturated carbocycles. The van der Waals surface area contributed by atoms with E-state index in [0.29, 0.717) is 11.6 Å². The molecule has 0 saturated heterocycles. The van der Waals surface area contributed by atoms with Gasteiger partial charge in [-0.05, 0) is 44.5 Å². The summed E-state index contributed by atoms with van der Waals surface area (Å²) < 4.78 is 1.92. The zero-order valence-electron chi connectivity index (χ0n) is 11.8. The Bertz CT molecular complexity index is 620. The van der Waals surface area contributed by atoms with Crippen LogP contribution in [0.2, 0.25) is 0 Å². The smallest absolute Gasteiger partial charge is 0.335 e. The quantitative estimate of drug-likeness (QED) is 0.852. The summed E-state index contributed by atoms with van der Waals surface area (Å²) in [6.45, 7) is 5.98. The van der Waals surface area contributed by atoms with Crippen LogP contribution in [-0.4, -0.2) is 20.9 Å². The summed E-state index contributed by atoms with van der Waals surface area (Å²) in [5.41, 5.74) is 2.15. The van der Waals surface area contributed by atoms with Crippen LogP contribution < -0.4 is 0 Å². The van der Waals surface area contributed by atoms with E-state index in [4.69, 9.17) is 5.11 Å². The zero-order valence-corrected chi connectivity index (χ0v) is 12.6. The van der Waals surface area contributed by atoms with Crippen LogP contribution >= 0.6 is 11.8 Å². The second-order valence-corrected chi connectivity index (χ2v) is 6.00. The van der Waals surface area contributed by atoms with E-state index >= 15 is 0 Å². The number of aromatic carboxylic acids is 1. The van der Waals surface area contributed by atoms with Gasteiger partial charge in [-0.1, -0.05) is 6.07 Å². The molecule has 0 unspecified atom stereocenters. The molecule has 1 N–H and O–H groups in total. The van der Waals surface area contributed by atoms with Crippen LogP contribution in [0.15, 0.2) is 35.4 Å².